The summed E-state index contributed by atoms with van der Waals surface area (Å²) in [6.45, 7) is 0.581. The van der Waals surface area contributed by atoms with Gasteiger partial charge in [-0.15, -0.1) is 10.2 Å². The Balaban J connectivity index is 1.50. The van der Waals surface area contributed by atoms with E-state index in [0.29, 0.717) is 34.4 Å². The first-order valence-corrected chi connectivity index (χ1v) is 10.0. The Morgan fingerprint density at radius 3 is 2.43 bits per heavy atom. The minimum absolute atomic E-state index is 0.253. The molecule has 0 radical (unpaired) electrons. The first-order chi connectivity index (χ1) is 13.5. The molecule has 0 saturated heterocycles. The van der Waals surface area contributed by atoms with E-state index in [1.807, 2.05) is 6.07 Å². The lowest BCUT2D eigenvalue weighted by molar-refractivity contribution is 0.102. The number of rotatable bonds is 7. The quantitative estimate of drug-likeness (QED) is 0.570. The second kappa shape index (κ2) is 9.18. The molecule has 10 heteroatoms. The highest BCUT2D eigenvalue weighted by Gasteiger charge is 2.10. The van der Waals surface area contributed by atoms with Gasteiger partial charge in [0.15, 0.2) is 0 Å². The average Bonchev–Trinajstić information content (AvgIpc) is 3.15. The lowest BCUT2D eigenvalue weighted by Crippen LogP contribution is -2.11. The molecule has 1 aromatic heterocycles. The summed E-state index contributed by atoms with van der Waals surface area (Å²) in [6, 6.07) is 14.9. The van der Waals surface area contributed by atoms with Crippen LogP contribution in [0.2, 0.25) is 0 Å². The molecular weight excluding hydrogens is 398 g/mol. The molecule has 142 valence electrons. The third kappa shape index (κ3) is 5.20. The molecule has 0 fully saturated rings. The van der Waals surface area contributed by atoms with Crippen LogP contribution in [0.4, 0.5) is 10.3 Å². The number of hydrogen-bond acceptors (Lipinski definition) is 8. The number of benzene rings is 2. The van der Waals surface area contributed by atoms with Gasteiger partial charge in [0, 0.05) is 17.0 Å². The van der Waals surface area contributed by atoms with Gasteiger partial charge in [-0.05, 0) is 59.5 Å². The van der Waals surface area contributed by atoms with Gasteiger partial charge >= 0.3 is 0 Å². The molecule has 0 spiro atoms. The molecule has 0 aliphatic carbocycles. The van der Waals surface area contributed by atoms with Crippen molar-refractivity contribution in [3.8, 4) is 6.07 Å². The standard InChI is InChI=1S/C18H15N5O3S2/c19-11-13-1-5-14(6-2-13)16(24)21-18-23-22-17(27-18)20-10-9-12-3-7-15(8-4-12)28(25)26/h1-8H,9-10H2,(H,20,22)(H,25,26)(H,21,23,24)/p-1. The van der Waals surface area contributed by atoms with E-state index in [2.05, 4.69) is 20.8 Å². The van der Waals surface area contributed by atoms with Crippen LogP contribution >= 0.6 is 11.3 Å². The van der Waals surface area contributed by atoms with Gasteiger partial charge in [-0.2, -0.15) is 5.26 Å². The van der Waals surface area contributed by atoms with Crippen LogP contribution < -0.4 is 10.6 Å². The van der Waals surface area contributed by atoms with E-state index in [0.717, 1.165) is 5.56 Å². The largest absolute Gasteiger partial charge is 0.768 e. The van der Waals surface area contributed by atoms with Crippen molar-refractivity contribution in [2.75, 3.05) is 17.2 Å². The topological polar surface area (TPSA) is 131 Å². The molecule has 1 unspecified atom stereocenters. The van der Waals surface area contributed by atoms with Gasteiger partial charge < -0.3 is 9.87 Å². The van der Waals surface area contributed by atoms with Crippen molar-refractivity contribution in [2.24, 2.45) is 0 Å². The molecular formula is C18H14N5O3S2-. The molecule has 2 aromatic carbocycles. The number of carbonyl (C=O) groups excluding carboxylic acids is 1. The van der Waals surface area contributed by atoms with Gasteiger partial charge in [0.1, 0.15) is 0 Å². The first kappa shape index (κ1) is 19.6. The third-order valence-corrected chi connectivity index (χ3v) is 5.18. The zero-order valence-corrected chi connectivity index (χ0v) is 16.0. The summed E-state index contributed by atoms with van der Waals surface area (Å²) in [7, 11) is 0. The minimum Gasteiger partial charge on any atom is -0.768 e. The Bertz CT molecular complexity index is 1030. The van der Waals surface area contributed by atoms with Crippen LogP contribution in [0.25, 0.3) is 0 Å². The highest BCUT2D eigenvalue weighted by Crippen LogP contribution is 2.20. The van der Waals surface area contributed by atoms with Crippen LogP contribution in [0, 0.1) is 11.3 Å². The predicted molar refractivity (Wildman–Crippen MR) is 105 cm³/mol. The molecule has 3 rings (SSSR count). The van der Waals surface area contributed by atoms with Gasteiger partial charge in [-0.1, -0.05) is 23.5 Å². The molecule has 0 aliphatic rings. The summed E-state index contributed by atoms with van der Waals surface area (Å²) in [4.78, 5) is 12.4. The van der Waals surface area contributed by atoms with E-state index in [1.54, 1.807) is 48.5 Å². The molecule has 3 aromatic rings. The van der Waals surface area contributed by atoms with Gasteiger partial charge in [0.25, 0.3) is 5.91 Å². The first-order valence-electron chi connectivity index (χ1n) is 8.12. The van der Waals surface area contributed by atoms with Gasteiger partial charge in [0.05, 0.1) is 11.6 Å². The van der Waals surface area contributed by atoms with Gasteiger partial charge in [-0.3, -0.25) is 14.3 Å². The maximum absolute atomic E-state index is 12.2. The Labute approximate surface area is 167 Å². The van der Waals surface area contributed by atoms with Crippen LogP contribution in [-0.2, 0) is 17.5 Å². The number of amides is 1. The summed E-state index contributed by atoms with van der Waals surface area (Å²) in [6.07, 6.45) is 0.679. The zero-order valence-electron chi connectivity index (χ0n) is 14.4. The fourth-order valence-electron chi connectivity index (χ4n) is 2.29. The number of nitrogens with one attached hydrogen (secondary N) is 2. The summed E-state index contributed by atoms with van der Waals surface area (Å²) in [5, 5.41) is 23.4. The Hall–Kier alpha value is -3.13. The predicted octanol–water partition coefficient (Wildman–Crippen LogP) is 2.55. The fraction of sp³-hybridized carbons (Fsp3) is 0.111. The van der Waals surface area contributed by atoms with Crippen molar-refractivity contribution < 1.29 is 13.6 Å². The fourth-order valence-corrected chi connectivity index (χ4v) is 3.31. The van der Waals surface area contributed by atoms with Crippen LogP contribution in [0.3, 0.4) is 0 Å². The Kier molecular flexibility index (Phi) is 6.44. The molecule has 1 atom stereocenters. The SMILES string of the molecule is N#Cc1ccc(C(=O)Nc2nnc(NCCc3ccc(S(=O)[O-])cc3)s2)cc1. The summed E-state index contributed by atoms with van der Waals surface area (Å²) in [5.74, 6) is -0.331. The summed E-state index contributed by atoms with van der Waals surface area (Å²) < 4.78 is 21.7. The van der Waals surface area contributed by atoms with E-state index in [1.165, 1.54) is 11.3 Å². The van der Waals surface area contributed by atoms with Crippen LogP contribution in [0.5, 0.6) is 0 Å². The molecule has 1 amide bonds. The van der Waals surface area contributed by atoms with E-state index in [9.17, 15) is 13.6 Å². The van der Waals surface area contributed by atoms with Crippen LogP contribution in [-0.4, -0.2) is 31.4 Å². The van der Waals surface area contributed by atoms with Crippen molar-refractivity contribution in [3.05, 3.63) is 65.2 Å². The highest BCUT2D eigenvalue weighted by atomic mass is 32.2. The summed E-state index contributed by atoms with van der Waals surface area (Å²) >= 11 is -1.02. The number of nitrogens with zero attached hydrogens (tertiary/aromatic N) is 3. The van der Waals surface area contributed by atoms with Crippen molar-refractivity contribution >= 4 is 38.6 Å². The lowest BCUT2D eigenvalue weighted by atomic mass is 10.1. The van der Waals surface area contributed by atoms with Gasteiger partial charge in [0.2, 0.25) is 10.3 Å². The lowest BCUT2D eigenvalue weighted by Gasteiger charge is -2.06. The van der Waals surface area contributed by atoms with E-state index in [-0.39, 0.29) is 10.8 Å². The molecule has 0 saturated carbocycles. The second-order valence-electron chi connectivity index (χ2n) is 5.61. The van der Waals surface area contributed by atoms with E-state index >= 15 is 0 Å². The molecule has 1 heterocycles. The number of carbonyl (C=O) groups is 1. The molecule has 28 heavy (non-hydrogen) atoms. The number of aromatic nitrogens is 2. The van der Waals surface area contributed by atoms with Crippen molar-refractivity contribution in [1.29, 1.82) is 5.26 Å². The monoisotopic (exact) mass is 412 g/mol. The van der Waals surface area contributed by atoms with Crippen molar-refractivity contribution in [3.63, 3.8) is 0 Å². The van der Waals surface area contributed by atoms with Crippen LogP contribution in [0.15, 0.2) is 53.4 Å². The maximum atomic E-state index is 12.2. The molecule has 2 N–H and O–H groups in total. The van der Waals surface area contributed by atoms with E-state index in [4.69, 9.17) is 5.26 Å². The van der Waals surface area contributed by atoms with Gasteiger partial charge in [-0.25, -0.2) is 0 Å². The smallest absolute Gasteiger partial charge is 0.257 e. The number of nitriles is 1. The molecule has 0 aliphatic heterocycles. The van der Waals surface area contributed by atoms with Crippen molar-refractivity contribution in [2.45, 2.75) is 11.3 Å². The zero-order chi connectivity index (χ0) is 19.9. The Morgan fingerprint density at radius 2 is 1.79 bits per heavy atom. The van der Waals surface area contributed by atoms with E-state index < -0.39 is 11.1 Å². The minimum atomic E-state index is -2.22. The average molecular weight is 412 g/mol. The highest BCUT2D eigenvalue weighted by molar-refractivity contribution is 7.79. The molecule has 8 nitrogen and oxygen atoms in total. The van der Waals surface area contributed by atoms with Crippen LogP contribution in [0.1, 0.15) is 21.5 Å². The maximum Gasteiger partial charge on any atom is 0.257 e. The van der Waals surface area contributed by atoms with Crippen molar-refractivity contribution in [1.82, 2.24) is 10.2 Å². The number of anilines is 2. The number of hydrogen-bond donors (Lipinski definition) is 2. The second-order valence-corrected chi connectivity index (χ2v) is 7.53. The molecule has 0 bridgehead atoms. The third-order valence-electron chi connectivity index (χ3n) is 3.73. The Morgan fingerprint density at radius 1 is 1.11 bits per heavy atom. The summed E-state index contributed by atoms with van der Waals surface area (Å²) in [5.41, 5.74) is 1.89. The normalized spacial score (nSPS) is 11.4.